The molecule has 0 bridgehead atoms. The van der Waals surface area contributed by atoms with Gasteiger partial charge in [-0.15, -0.1) is 12.4 Å². The molecule has 0 aliphatic carbocycles. The van der Waals surface area contributed by atoms with Crippen molar-refractivity contribution in [2.75, 3.05) is 11.1 Å². The van der Waals surface area contributed by atoms with Crippen molar-refractivity contribution in [1.29, 1.82) is 0 Å². The van der Waals surface area contributed by atoms with E-state index in [0.29, 0.717) is 11.4 Å². The Balaban J connectivity index is 0.00000225. The summed E-state index contributed by atoms with van der Waals surface area (Å²) >= 11 is 0. The number of nitrogens with one attached hydrogen (secondary N) is 1. The normalized spacial score (nSPS) is 9.00. The van der Waals surface area contributed by atoms with E-state index < -0.39 is 5.97 Å². The number of carboxylic acid groups (broad SMARTS) is 1. The predicted octanol–water partition coefficient (Wildman–Crippen LogP) is 1.49. The molecule has 1 rings (SSSR count). The van der Waals surface area contributed by atoms with Crippen molar-refractivity contribution in [3.8, 4) is 0 Å². The first-order valence-electron chi connectivity index (χ1n) is 4.45. The molecule has 0 fully saturated rings. The molecule has 0 saturated heterocycles. The van der Waals surface area contributed by atoms with Gasteiger partial charge >= 0.3 is 5.97 Å². The summed E-state index contributed by atoms with van der Waals surface area (Å²) in [5.74, 6) is -1.32. The minimum atomic E-state index is -0.988. The number of carbonyl (C=O) groups is 2. The van der Waals surface area contributed by atoms with E-state index in [9.17, 15) is 9.59 Å². The molecule has 0 unspecified atom stereocenters. The molecule has 0 aliphatic heterocycles. The zero-order valence-electron chi connectivity index (χ0n) is 8.47. The molecule has 0 saturated carbocycles. The Kier molecular flexibility index (Phi) is 5.95. The molecule has 16 heavy (non-hydrogen) atoms. The largest absolute Gasteiger partial charge is 0.481 e. The second-order valence-corrected chi connectivity index (χ2v) is 3.07. The van der Waals surface area contributed by atoms with Crippen LogP contribution in [-0.4, -0.2) is 17.0 Å². The second kappa shape index (κ2) is 6.68. The number of anilines is 2. The number of halogens is 1. The summed E-state index contributed by atoms with van der Waals surface area (Å²) in [6, 6.07) is 6.71. The molecule has 0 spiro atoms. The zero-order chi connectivity index (χ0) is 11.3. The molecule has 5 nitrogen and oxygen atoms in total. The maximum Gasteiger partial charge on any atom is 0.303 e. The molecule has 1 aromatic carbocycles. The van der Waals surface area contributed by atoms with E-state index in [4.69, 9.17) is 10.8 Å². The van der Waals surface area contributed by atoms with Gasteiger partial charge in [-0.3, -0.25) is 9.59 Å². The molecule has 4 N–H and O–H groups in total. The van der Waals surface area contributed by atoms with E-state index in [2.05, 4.69) is 5.32 Å². The van der Waals surface area contributed by atoms with Crippen LogP contribution in [0.1, 0.15) is 12.8 Å². The lowest BCUT2D eigenvalue weighted by Gasteiger charge is -2.04. The number of nitrogen functional groups attached to an aromatic ring is 1. The van der Waals surface area contributed by atoms with Crippen molar-refractivity contribution in [2.45, 2.75) is 12.8 Å². The van der Waals surface area contributed by atoms with Gasteiger partial charge in [0.1, 0.15) is 0 Å². The number of benzene rings is 1. The molecular formula is C10H13ClN2O3. The van der Waals surface area contributed by atoms with Crippen LogP contribution in [-0.2, 0) is 9.59 Å². The highest BCUT2D eigenvalue weighted by Gasteiger charge is 2.05. The number of aliphatic carboxylic acids is 1. The smallest absolute Gasteiger partial charge is 0.303 e. The van der Waals surface area contributed by atoms with Gasteiger partial charge in [0.05, 0.1) is 6.42 Å². The first-order valence-corrected chi connectivity index (χ1v) is 4.45. The summed E-state index contributed by atoms with van der Waals surface area (Å²) < 4.78 is 0. The third-order valence-corrected chi connectivity index (χ3v) is 1.74. The fourth-order valence-corrected chi connectivity index (χ4v) is 1.06. The number of hydrogen-bond acceptors (Lipinski definition) is 3. The van der Waals surface area contributed by atoms with E-state index in [1.807, 2.05) is 0 Å². The monoisotopic (exact) mass is 244 g/mol. The van der Waals surface area contributed by atoms with Crippen LogP contribution in [0.25, 0.3) is 0 Å². The Bertz CT molecular complexity index is 382. The van der Waals surface area contributed by atoms with Crippen LogP contribution < -0.4 is 11.1 Å². The summed E-state index contributed by atoms with van der Waals surface area (Å²) in [6.45, 7) is 0. The van der Waals surface area contributed by atoms with Gasteiger partial charge in [-0.05, 0) is 18.2 Å². The topological polar surface area (TPSA) is 92.4 Å². The molecular weight excluding hydrogens is 232 g/mol. The lowest BCUT2D eigenvalue weighted by Crippen LogP contribution is -2.13. The maximum absolute atomic E-state index is 11.2. The number of amides is 1. The highest BCUT2D eigenvalue weighted by Crippen LogP contribution is 2.12. The Morgan fingerprint density at radius 1 is 1.31 bits per heavy atom. The lowest BCUT2D eigenvalue weighted by molar-refractivity contribution is -0.138. The third kappa shape index (κ3) is 5.21. The number of rotatable bonds is 4. The van der Waals surface area contributed by atoms with Crippen LogP contribution >= 0.6 is 12.4 Å². The number of carbonyl (C=O) groups excluding carboxylic acids is 1. The lowest BCUT2D eigenvalue weighted by atomic mass is 10.2. The highest BCUT2D eigenvalue weighted by atomic mass is 35.5. The molecule has 0 aliphatic rings. The molecule has 0 heterocycles. The van der Waals surface area contributed by atoms with Gasteiger partial charge in [0.25, 0.3) is 0 Å². The van der Waals surface area contributed by atoms with E-state index in [1.54, 1.807) is 24.3 Å². The first-order chi connectivity index (χ1) is 7.08. The quantitative estimate of drug-likeness (QED) is 0.700. The van der Waals surface area contributed by atoms with Crippen LogP contribution in [0, 0.1) is 0 Å². The van der Waals surface area contributed by atoms with Crippen LogP contribution in [0.15, 0.2) is 24.3 Å². The van der Waals surface area contributed by atoms with Crippen LogP contribution in [0.5, 0.6) is 0 Å². The zero-order valence-corrected chi connectivity index (χ0v) is 9.29. The fourth-order valence-electron chi connectivity index (χ4n) is 1.06. The minimum absolute atomic E-state index is 0. The maximum atomic E-state index is 11.2. The Morgan fingerprint density at radius 3 is 2.56 bits per heavy atom. The van der Waals surface area contributed by atoms with Gasteiger partial charge in [-0.2, -0.15) is 0 Å². The van der Waals surface area contributed by atoms with Gasteiger partial charge in [-0.25, -0.2) is 0 Å². The molecule has 0 aromatic heterocycles. The summed E-state index contributed by atoms with van der Waals surface area (Å²) in [5, 5.41) is 10.9. The van der Waals surface area contributed by atoms with Gasteiger partial charge in [0.15, 0.2) is 0 Å². The number of carboxylic acids is 1. The molecule has 1 amide bonds. The SMILES string of the molecule is Cl.Nc1cccc(NC(=O)CCC(=O)O)c1. The van der Waals surface area contributed by atoms with Crippen molar-refractivity contribution >= 4 is 35.7 Å². The first kappa shape index (κ1) is 14.2. The van der Waals surface area contributed by atoms with Gasteiger partial charge < -0.3 is 16.2 Å². The Hall–Kier alpha value is -1.75. The average molecular weight is 245 g/mol. The van der Waals surface area contributed by atoms with Crippen LogP contribution in [0.3, 0.4) is 0 Å². The van der Waals surface area contributed by atoms with E-state index in [-0.39, 0.29) is 31.2 Å². The highest BCUT2D eigenvalue weighted by molar-refractivity contribution is 5.92. The standard InChI is InChI=1S/C10H12N2O3.ClH/c11-7-2-1-3-8(6-7)12-9(13)4-5-10(14)15;/h1-3,6H,4-5,11H2,(H,12,13)(H,14,15);1H. The van der Waals surface area contributed by atoms with Crippen molar-refractivity contribution in [3.05, 3.63) is 24.3 Å². The Labute approximate surface area is 99.1 Å². The molecule has 0 atom stereocenters. The van der Waals surface area contributed by atoms with Crippen molar-refractivity contribution < 1.29 is 14.7 Å². The van der Waals surface area contributed by atoms with Gasteiger partial charge in [0, 0.05) is 17.8 Å². The fraction of sp³-hybridized carbons (Fsp3) is 0.200. The number of nitrogens with two attached hydrogens (primary N) is 1. The van der Waals surface area contributed by atoms with Crippen molar-refractivity contribution in [1.82, 2.24) is 0 Å². The minimum Gasteiger partial charge on any atom is -0.481 e. The van der Waals surface area contributed by atoms with E-state index in [0.717, 1.165) is 0 Å². The van der Waals surface area contributed by atoms with Crippen LogP contribution in [0.2, 0.25) is 0 Å². The van der Waals surface area contributed by atoms with Gasteiger partial charge in [-0.1, -0.05) is 6.07 Å². The summed E-state index contributed by atoms with van der Waals surface area (Å²) in [7, 11) is 0. The molecule has 88 valence electrons. The second-order valence-electron chi connectivity index (χ2n) is 3.07. The molecule has 6 heteroatoms. The average Bonchev–Trinajstić information content (AvgIpc) is 2.15. The van der Waals surface area contributed by atoms with Gasteiger partial charge in [0.2, 0.25) is 5.91 Å². The van der Waals surface area contributed by atoms with E-state index >= 15 is 0 Å². The summed E-state index contributed by atoms with van der Waals surface area (Å²) in [5.41, 5.74) is 6.63. The molecule has 1 aromatic rings. The van der Waals surface area contributed by atoms with Crippen molar-refractivity contribution in [2.24, 2.45) is 0 Å². The van der Waals surface area contributed by atoms with Crippen molar-refractivity contribution in [3.63, 3.8) is 0 Å². The summed E-state index contributed by atoms with van der Waals surface area (Å²) in [4.78, 5) is 21.4. The number of hydrogen-bond donors (Lipinski definition) is 3. The Morgan fingerprint density at radius 2 is 2.00 bits per heavy atom. The van der Waals surface area contributed by atoms with E-state index in [1.165, 1.54) is 0 Å². The molecule has 0 radical (unpaired) electrons. The predicted molar refractivity (Wildman–Crippen MR) is 63.6 cm³/mol. The van der Waals surface area contributed by atoms with Crippen LogP contribution in [0.4, 0.5) is 11.4 Å². The third-order valence-electron chi connectivity index (χ3n) is 1.74. The summed E-state index contributed by atoms with van der Waals surface area (Å²) in [6.07, 6.45) is -0.210.